The molecule has 100 valence electrons. The molecule has 2 aromatic rings. The SMILES string of the molecule is CCn1c(CC(=O)O)cc(=O)c2cc(Cl)cc(C)c21. The lowest BCUT2D eigenvalue weighted by atomic mass is 10.1. The molecule has 4 nitrogen and oxygen atoms in total. The number of rotatable bonds is 3. The summed E-state index contributed by atoms with van der Waals surface area (Å²) in [4.78, 5) is 23.0. The summed E-state index contributed by atoms with van der Waals surface area (Å²) in [5.74, 6) is -0.951. The number of carboxylic acids is 1. The van der Waals surface area contributed by atoms with Gasteiger partial charge in [-0.05, 0) is 31.5 Å². The van der Waals surface area contributed by atoms with Crippen molar-refractivity contribution in [2.24, 2.45) is 0 Å². The standard InChI is InChI=1S/C14H14ClNO3/c1-3-16-10(7-13(18)19)6-12(17)11-5-9(15)4-8(2)14(11)16/h4-6H,3,7H2,1-2H3,(H,18,19). The predicted molar refractivity (Wildman–Crippen MR) is 75.0 cm³/mol. The van der Waals surface area contributed by atoms with Crippen molar-refractivity contribution >= 4 is 28.5 Å². The molecule has 1 heterocycles. The van der Waals surface area contributed by atoms with Crippen molar-refractivity contribution < 1.29 is 9.90 Å². The van der Waals surface area contributed by atoms with E-state index < -0.39 is 5.97 Å². The van der Waals surface area contributed by atoms with Gasteiger partial charge in [0.2, 0.25) is 0 Å². The minimum Gasteiger partial charge on any atom is -0.481 e. The number of hydrogen-bond donors (Lipinski definition) is 1. The van der Waals surface area contributed by atoms with Crippen LogP contribution < -0.4 is 5.43 Å². The summed E-state index contributed by atoms with van der Waals surface area (Å²) >= 11 is 5.97. The van der Waals surface area contributed by atoms with Crippen molar-refractivity contribution in [1.82, 2.24) is 4.57 Å². The number of carbonyl (C=O) groups is 1. The molecule has 0 fully saturated rings. The Morgan fingerprint density at radius 1 is 1.37 bits per heavy atom. The molecule has 0 radical (unpaired) electrons. The van der Waals surface area contributed by atoms with Crippen LogP contribution in [0.1, 0.15) is 18.2 Å². The van der Waals surface area contributed by atoms with E-state index in [2.05, 4.69) is 0 Å². The highest BCUT2D eigenvalue weighted by Gasteiger charge is 2.13. The van der Waals surface area contributed by atoms with Crippen LogP contribution in [0, 0.1) is 6.92 Å². The second-order valence-corrected chi connectivity index (χ2v) is 4.87. The number of aryl methyl sites for hydroxylation is 2. The summed E-state index contributed by atoms with van der Waals surface area (Å²) in [5, 5.41) is 9.97. The van der Waals surface area contributed by atoms with Gasteiger partial charge in [0.1, 0.15) is 0 Å². The minimum absolute atomic E-state index is 0.166. The van der Waals surface area contributed by atoms with Gasteiger partial charge in [-0.1, -0.05) is 11.6 Å². The minimum atomic E-state index is -0.951. The summed E-state index contributed by atoms with van der Waals surface area (Å²) in [6.45, 7) is 4.38. The van der Waals surface area contributed by atoms with Crippen LogP contribution in [0.3, 0.4) is 0 Å². The molecule has 1 N–H and O–H groups in total. The van der Waals surface area contributed by atoms with Gasteiger partial charge in [0.15, 0.2) is 5.43 Å². The van der Waals surface area contributed by atoms with Gasteiger partial charge >= 0.3 is 5.97 Å². The number of aromatic nitrogens is 1. The van der Waals surface area contributed by atoms with Gasteiger partial charge in [0.05, 0.1) is 11.9 Å². The second-order valence-electron chi connectivity index (χ2n) is 4.43. The number of aliphatic carboxylic acids is 1. The van der Waals surface area contributed by atoms with Gasteiger partial charge in [-0.25, -0.2) is 0 Å². The monoisotopic (exact) mass is 279 g/mol. The maximum Gasteiger partial charge on any atom is 0.309 e. The molecule has 0 saturated carbocycles. The van der Waals surface area contributed by atoms with Gasteiger partial charge in [0, 0.05) is 28.7 Å². The maximum atomic E-state index is 12.1. The third-order valence-electron chi connectivity index (χ3n) is 3.09. The molecular formula is C14H14ClNO3. The third-order valence-corrected chi connectivity index (χ3v) is 3.31. The first-order valence-corrected chi connectivity index (χ1v) is 6.36. The van der Waals surface area contributed by atoms with Crippen molar-refractivity contribution in [3.05, 3.63) is 44.7 Å². The van der Waals surface area contributed by atoms with Gasteiger partial charge < -0.3 is 9.67 Å². The van der Waals surface area contributed by atoms with E-state index >= 15 is 0 Å². The summed E-state index contributed by atoms with van der Waals surface area (Å²) < 4.78 is 1.86. The molecule has 0 aliphatic rings. The van der Waals surface area contributed by atoms with Crippen molar-refractivity contribution in [1.29, 1.82) is 0 Å². The smallest absolute Gasteiger partial charge is 0.309 e. The Hall–Kier alpha value is -1.81. The summed E-state index contributed by atoms with van der Waals surface area (Å²) in [6.07, 6.45) is -0.166. The summed E-state index contributed by atoms with van der Waals surface area (Å²) in [6, 6.07) is 4.79. The van der Waals surface area contributed by atoms with Crippen LogP contribution in [0.15, 0.2) is 23.0 Å². The quantitative estimate of drug-likeness (QED) is 0.939. The van der Waals surface area contributed by atoms with Crippen LogP contribution in [0.5, 0.6) is 0 Å². The van der Waals surface area contributed by atoms with E-state index in [-0.39, 0.29) is 11.8 Å². The Morgan fingerprint density at radius 2 is 2.05 bits per heavy atom. The van der Waals surface area contributed by atoms with Crippen molar-refractivity contribution in [3.8, 4) is 0 Å². The molecule has 1 aromatic carbocycles. The van der Waals surface area contributed by atoms with Gasteiger partial charge in [-0.2, -0.15) is 0 Å². The molecular weight excluding hydrogens is 266 g/mol. The zero-order valence-electron chi connectivity index (χ0n) is 10.7. The zero-order valence-corrected chi connectivity index (χ0v) is 11.5. The molecule has 0 aliphatic heterocycles. The van der Waals surface area contributed by atoms with E-state index in [1.165, 1.54) is 6.07 Å². The largest absolute Gasteiger partial charge is 0.481 e. The van der Waals surface area contributed by atoms with E-state index in [1.807, 2.05) is 18.4 Å². The van der Waals surface area contributed by atoms with E-state index in [9.17, 15) is 9.59 Å². The maximum absolute atomic E-state index is 12.1. The van der Waals surface area contributed by atoms with Crippen LogP contribution in [-0.4, -0.2) is 15.6 Å². The molecule has 2 rings (SSSR count). The van der Waals surface area contributed by atoms with Crippen LogP contribution >= 0.6 is 11.6 Å². The predicted octanol–water partition coefficient (Wildman–Crippen LogP) is 2.61. The van der Waals surface area contributed by atoms with Crippen LogP contribution in [0.25, 0.3) is 10.9 Å². The molecule has 0 aliphatic carbocycles. The molecule has 0 bridgehead atoms. The average Bonchev–Trinajstić information content (AvgIpc) is 2.30. The Morgan fingerprint density at radius 3 is 2.63 bits per heavy atom. The number of fused-ring (bicyclic) bond motifs is 1. The first-order chi connectivity index (χ1) is 8.93. The lowest BCUT2D eigenvalue weighted by molar-refractivity contribution is -0.136. The molecule has 1 aromatic heterocycles. The molecule has 19 heavy (non-hydrogen) atoms. The number of hydrogen-bond acceptors (Lipinski definition) is 2. The lowest BCUT2D eigenvalue weighted by Gasteiger charge is -2.16. The van der Waals surface area contributed by atoms with Crippen molar-refractivity contribution in [2.75, 3.05) is 0 Å². The molecule has 0 unspecified atom stereocenters. The number of halogens is 1. The molecule has 5 heteroatoms. The first kappa shape index (κ1) is 13.6. The topological polar surface area (TPSA) is 59.3 Å². The van der Waals surface area contributed by atoms with Gasteiger partial charge in [0.25, 0.3) is 0 Å². The van der Waals surface area contributed by atoms with Crippen LogP contribution in [0.2, 0.25) is 5.02 Å². The van der Waals surface area contributed by atoms with E-state index in [0.717, 1.165) is 11.1 Å². The van der Waals surface area contributed by atoms with Crippen molar-refractivity contribution in [2.45, 2.75) is 26.8 Å². The highest BCUT2D eigenvalue weighted by atomic mass is 35.5. The first-order valence-electron chi connectivity index (χ1n) is 5.98. The fourth-order valence-corrected chi connectivity index (χ4v) is 2.67. The second kappa shape index (κ2) is 5.05. The summed E-state index contributed by atoms with van der Waals surface area (Å²) in [7, 11) is 0. The number of carboxylic acid groups (broad SMARTS) is 1. The molecule has 0 amide bonds. The van der Waals surface area contributed by atoms with E-state index in [1.54, 1.807) is 12.1 Å². The number of benzene rings is 1. The summed E-state index contributed by atoms with van der Waals surface area (Å²) in [5.41, 5.74) is 1.95. The zero-order chi connectivity index (χ0) is 14.2. The highest BCUT2D eigenvalue weighted by Crippen LogP contribution is 2.22. The Labute approximate surface area is 115 Å². The van der Waals surface area contributed by atoms with Gasteiger partial charge in [-0.3, -0.25) is 9.59 Å². The lowest BCUT2D eigenvalue weighted by Crippen LogP contribution is -2.17. The third kappa shape index (κ3) is 2.49. The normalized spacial score (nSPS) is 10.9. The fourth-order valence-electron chi connectivity index (χ4n) is 2.39. The van der Waals surface area contributed by atoms with Crippen molar-refractivity contribution in [3.63, 3.8) is 0 Å². The Kier molecular flexibility index (Phi) is 3.62. The molecule has 0 saturated heterocycles. The molecule has 0 spiro atoms. The number of pyridine rings is 1. The highest BCUT2D eigenvalue weighted by molar-refractivity contribution is 6.31. The van der Waals surface area contributed by atoms with Crippen LogP contribution in [0.4, 0.5) is 0 Å². The fraction of sp³-hybridized carbons (Fsp3) is 0.286. The molecule has 0 atom stereocenters. The number of nitrogens with zero attached hydrogens (tertiary/aromatic N) is 1. The van der Waals surface area contributed by atoms with E-state index in [0.29, 0.717) is 22.6 Å². The Balaban J connectivity index is 2.89. The average molecular weight is 280 g/mol. The van der Waals surface area contributed by atoms with Gasteiger partial charge in [-0.15, -0.1) is 0 Å². The van der Waals surface area contributed by atoms with Crippen LogP contribution in [-0.2, 0) is 17.8 Å². The Bertz CT molecular complexity index is 719. The van der Waals surface area contributed by atoms with E-state index in [4.69, 9.17) is 16.7 Å².